The fourth-order valence-corrected chi connectivity index (χ4v) is 1.68. The Bertz CT molecular complexity index is 264. The van der Waals surface area contributed by atoms with Crippen molar-refractivity contribution in [1.82, 2.24) is 0 Å². The first-order valence-electron chi connectivity index (χ1n) is 3.97. The summed E-state index contributed by atoms with van der Waals surface area (Å²) in [5, 5.41) is 0. The summed E-state index contributed by atoms with van der Waals surface area (Å²) in [6.07, 6.45) is 1.03. The molecular weight excluding hydrogens is 192 g/mol. The lowest BCUT2D eigenvalue weighted by atomic mass is 9.90. The Balaban J connectivity index is 4.78. The predicted molar refractivity (Wildman–Crippen MR) is 51.1 cm³/mol. The van der Waals surface area contributed by atoms with Gasteiger partial charge in [0.15, 0.2) is 0 Å². The normalized spacial score (nSPS) is 14.6. The minimum Gasteiger partial charge on any atom is -0.376 e. The molecule has 0 unspecified atom stereocenters. The number of hydrogen-bond donors (Lipinski definition) is 0. The van der Waals surface area contributed by atoms with Crippen LogP contribution in [0.15, 0.2) is 0 Å². The first-order valence-corrected chi connectivity index (χ1v) is 5.79. The summed E-state index contributed by atoms with van der Waals surface area (Å²) in [5.41, 5.74) is -1.54. The van der Waals surface area contributed by atoms with E-state index in [0.717, 1.165) is 6.26 Å². The molecule has 0 bridgehead atoms. The molecule has 0 amide bonds. The standard InChI is InChI=1S/C8H18O4S/c1-7(2,11-5)8(3,4)12-13(6,9)10/h1-6H3. The lowest BCUT2D eigenvalue weighted by molar-refractivity contribution is -0.112. The molecule has 0 aromatic heterocycles. The van der Waals surface area contributed by atoms with E-state index in [2.05, 4.69) is 0 Å². The van der Waals surface area contributed by atoms with Crippen LogP contribution in [-0.2, 0) is 19.0 Å². The highest BCUT2D eigenvalue weighted by Gasteiger charge is 2.41. The van der Waals surface area contributed by atoms with Gasteiger partial charge in [0.25, 0.3) is 10.1 Å². The molecule has 0 saturated heterocycles. The molecule has 0 fully saturated rings. The SMILES string of the molecule is COC(C)(C)C(C)(C)OS(C)(=O)=O. The highest BCUT2D eigenvalue weighted by molar-refractivity contribution is 7.86. The predicted octanol–water partition coefficient (Wildman–Crippen LogP) is 1.17. The van der Waals surface area contributed by atoms with Gasteiger partial charge in [0.05, 0.1) is 11.9 Å². The number of rotatable bonds is 4. The molecule has 4 nitrogen and oxygen atoms in total. The van der Waals surface area contributed by atoms with Crippen molar-refractivity contribution in [3.63, 3.8) is 0 Å². The summed E-state index contributed by atoms with van der Waals surface area (Å²) in [6, 6.07) is 0. The molecule has 0 rings (SSSR count). The van der Waals surface area contributed by atoms with Crippen molar-refractivity contribution in [2.75, 3.05) is 13.4 Å². The Morgan fingerprint density at radius 3 is 1.62 bits per heavy atom. The van der Waals surface area contributed by atoms with E-state index < -0.39 is 21.3 Å². The Labute approximate surface area is 80.4 Å². The summed E-state index contributed by atoms with van der Waals surface area (Å²) in [5.74, 6) is 0. The van der Waals surface area contributed by atoms with Crippen molar-refractivity contribution < 1.29 is 17.3 Å². The zero-order valence-electron chi connectivity index (χ0n) is 9.04. The largest absolute Gasteiger partial charge is 0.376 e. The second-order valence-electron chi connectivity index (χ2n) is 4.01. The van der Waals surface area contributed by atoms with Crippen molar-refractivity contribution in [3.8, 4) is 0 Å². The minimum atomic E-state index is -3.46. The zero-order chi connectivity index (χ0) is 10.9. The van der Waals surface area contributed by atoms with Crippen molar-refractivity contribution in [2.24, 2.45) is 0 Å². The van der Waals surface area contributed by atoms with Crippen molar-refractivity contribution >= 4 is 10.1 Å². The van der Waals surface area contributed by atoms with Gasteiger partial charge in [-0.25, -0.2) is 0 Å². The maximum absolute atomic E-state index is 10.9. The van der Waals surface area contributed by atoms with Crippen LogP contribution in [0.4, 0.5) is 0 Å². The van der Waals surface area contributed by atoms with Crippen LogP contribution in [0.25, 0.3) is 0 Å². The third-order valence-electron chi connectivity index (χ3n) is 2.32. The second-order valence-corrected chi connectivity index (χ2v) is 5.59. The van der Waals surface area contributed by atoms with Crippen LogP contribution < -0.4 is 0 Å². The summed E-state index contributed by atoms with van der Waals surface area (Å²) >= 11 is 0. The average molecular weight is 210 g/mol. The zero-order valence-corrected chi connectivity index (χ0v) is 9.86. The fraction of sp³-hybridized carbons (Fsp3) is 1.00. The van der Waals surface area contributed by atoms with E-state index in [9.17, 15) is 8.42 Å². The summed E-state index contributed by atoms with van der Waals surface area (Å²) in [4.78, 5) is 0. The van der Waals surface area contributed by atoms with Crippen LogP contribution in [0.1, 0.15) is 27.7 Å². The van der Waals surface area contributed by atoms with Crippen LogP contribution in [0, 0.1) is 0 Å². The van der Waals surface area contributed by atoms with E-state index >= 15 is 0 Å². The van der Waals surface area contributed by atoms with Crippen molar-refractivity contribution in [2.45, 2.75) is 38.9 Å². The fourth-order valence-electron chi connectivity index (χ4n) is 0.725. The van der Waals surface area contributed by atoms with Crippen LogP contribution in [0.5, 0.6) is 0 Å². The molecule has 0 aromatic carbocycles. The molecule has 0 radical (unpaired) electrons. The molecule has 5 heteroatoms. The molecule has 13 heavy (non-hydrogen) atoms. The number of methoxy groups -OCH3 is 1. The summed E-state index contributed by atoms with van der Waals surface area (Å²) in [7, 11) is -1.93. The number of hydrogen-bond acceptors (Lipinski definition) is 4. The van der Waals surface area contributed by atoms with Gasteiger partial charge in [-0.15, -0.1) is 0 Å². The van der Waals surface area contributed by atoms with Crippen LogP contribution >= 0.6 is 0 Å². The summed E-state index contributed by atoms with van der Waals surface area (Å²) in [6.45, 7) is 6.91. The first kappa shape index (κ1) is 12.9. The third-order valence-corrected chi connectivity index (χ3v) is 3.04. The minimum absolute atomic E-state index is 0.657. The Morgan fingerprint density at radius 1 is 1.00 bits per heavy atom. The second kappa shape index (κ2) is 3.55. The average Bonchev–Trinajstić information content (AvgIpc) is 1.81. The molecular formula is C8H18O4S. The first-order chi connectivity index (χ1) is 5.52. The molecule has 0 aliphatic heterocycles. The molecule has 0 spiro atoms. The molecule has 0 atom stereocenters. The Kier molecular flexibility index (Phi) is 3.52. The molecule has 0 aliphatic rings. The monoisotopic (exact) mass is 210 g/mol. The lowest BCUT2D eigenvalue weighted by Gasteiger charge is -2.38. The molecule has 0 aliphatic carbocycles. The van der Waals surface area contributed by atoms with Crippen LogP contribution in [0.2, 0.25) is 0 Å². The van der Waals surface area contributed by atoms with E-state index in [0.29, 0.717) is 0 Å². The summed E-state index contributed by atoms with van der Waals surface area (Å²) < 4.78 is 32.0. The van der Waals surface area contributed by atoms with Gasteiger partial charge in [-0.3, -0.25) is 4.18 Å². The van der Waals surface area contributed by atoms with E-state index in [1.165, 1.54) is 7.11 Å². The van der Waals surface area contributed by atoms with Gasteiger partial charge in [-0.05, 0) is 27.7 Å². The topological polar surface area (TPSA) is 52.6 Å². The lowest BCUT2D eigenvalue weighted by Crippen LogP contribution is -2.49. The number of ether oxygens (including phenoxy) is 1. The quantitative estimate of drug-likeness (QED) is 0.653. The van der Waals surface area contributed by atoms with Gasteiger partial charge in [0, 0.05) is 7.11 Å². The van der Waals surface area contributed by atoms with E-state index in [4.69, 9.17) is 8.92 Å². The third kappa shape index (κ3) is 3.62. The molecule has 80 valence electrons. The van der Waals surface area contributed by atoms with Gasteiger partial charge in [-0.1, -0.05) is 0 Å². The van der Waals surface area contributed by atoms with Gasteiger partial charge in [0.2, 0.25) is 0 Å². The van der Waals surface area contributed by atoms with E-state index in [1.807, 2.05) is 0 Å². The van der Waals surface area contributed by atoms with Crippen LogP contribution in [0.3, 0.4) is 0 Å². The maximum atomic E-state index is 10.9. The van der Waals surface area contributed by atoms with Gasteiger partial charge < -0.3 is 4.74 Å². The van der Waals surface area contributed by atoms with Gasteiger partial charge in [0.1, 0.15) is 5.60 Å². The van der Waals surface area contributed by atoms with E-state index in [1.54, 1.807) is 27.7 Å². The van der Waals surface area contributed by atoms with Gasteiger partial charge in [-0.2, -0.15) is 8.42 Å². The van der Waals surface area contributed by atoms with E-state index in [-0.39, 0.29) is 0 Å². The highest BCUT2D eigenvalue weighted by atomic mass is 32.2. The smallest absolute Gasteiger partial charge is 0.265 e. The Morgan fingerprint density at radius 2 is 1.38 bits per heavy atom. The Hall–Kier alpha value is -0.130. The molecule has 0 heterocycles. The van der Waals surface area contributed by atoms with Crippen molar-refractivity contribution in [3.05, 3.63) is 0 Å². The van der Waals surface area contributed by atoms with Crippen LogP contribution in [-0.4, -0.2) is 33.0 Å². The maximum Gasteiger partial charge on any atom is 0.265 e. The molecule has 0 aromatic rings. The van der Waals surface area contributed by atoms with Crippen molar-refractivity contribution in [1.29, 1.82) is 0 Å². The van der Waals surface area contributed by atoms with Gasteiger partial charge >= 0.3 is 0 Å². The molecule has 0 N–H and O–H groups in total. The molecule has 0 saturated carbocycles. The highest BCUT2D eigenvalue weighted by Crippen LogP contribution is 2.29.